The molecule has 4 heterocycles. The summed E-state index contributed by atoms with van der Waals surface area (Å²) in [5, 5.41) is 5.84. The van der Waals surface area contributed by atoms with Crippen LogP contribution >= 0.6 is 22.9 Å². The SMILES string of the molecule is COc1cc(OCc2cccc(-c3ncc(Cl)cc3F)c2)c2cc(-c3cn4nc(OC)sc4n3)oc2c1. The average Bonchev–Trinajstić information content (AvgIpc) is 3.60. The number of pyridine rings is 1. The molecule has 0 aliphatic rings. The van der Waals surface area contributed by atoms with Crippen LogP contribution in [0, 0.1) is 5.82 Å². The largest absolute Gasteiger partial charge is 0.496 e. The minimum Gasteiger partial charge on any atom is -0.496 e. The summed E-state index contributed by atoms with van der Waals surface area (Å²) in [6.45, 7) is 0.232. The molecule has 6 rings (SSSR count). The first kappa shape index (κ1) is 23.3. The maximum atomic E-state index is 14.4. The predicted molar refractivity (Wildman–Crippen MR) is 138 cm³/mol. The molecule has 11 heteroatoms. The number of benzene rings is 2. The summed E-state index contributed by atoms with van der Waals surface area (Å²) in [5.41, 5.74) is 2.91. The molecular formula is C26H18ClFN4O4S. The van der Waals surface area contributed by atoms with Crippen LogP contribution in [0.3, 0.4) is 0 Å². The molecule has 186 valence electrons. The van der Waals surface area contributed by atoms with Gasteiger partial charge in [0.2, 0.25) is 4.96 Å². The van der Waals surface area contributed by atoms with E-state index in [-0.39, 0.29) is 17.3 Å². The van der Waals surface area contributed by atoms with Gasteiger partial charge in [-0.05, 0) is 35.1 Å². The van der Waals surface area contributed by atoms with Crippen LogP contribution in [0.4, 0.5) is 4.39 Å². The monoisotopic (exact) mass is 536 g/mol. The fourth-order valence-corrected chi connectivity index (χ4v) is 4.77. The molecule has 0 saturated carbocycles. The van der Waals surface area contributed by atoms with E-state index in [1.807, 2.05) is 24.3 Å². The minimum absolute atomic E-state index is 0.224. The van der Waals surface area contributed by atoms with Gasteiger partial charge in [0.25, 0.3) is 5.19 Å². The summed E-state index contributed by atoms with van der Waals surface area (Å²) in [6.07, 6.45) is 3.20. The zero-order valence-corrected chi connectivity index (χ0v) is 21.1. The lowest BCUT2D eigenvalue weighted by Gasteiger charge is -2.10. The lowest BCUT2D eigenvalue weighted by atomic mass is 10.1. The minimum atomic E-state index is -0.487. The molecule has 4 aromatic heterocycles. The Labute approximate surface area is 218 Å². The quantitative estimate of drug-likeness (QED) is 0.226. The molecule has 0 saturated heterocycles. The van der Waals surface area contributed by atoms with Crippen molar-refractivity contribution in [1.29, 1.82) is 0 Å². The van der Waals surface area contributed by atoms with E-state index in [1.165, 1.54) is 23.6 Å². The smallest absolute Gasteiger partial charge is 0.294 e. The van der Waals surface area contributed by atoms with Crippen molar-refractivity contribution in [1.82, 2.24) is 19.6 Å². The summed E-state index contributed by atoms with van der Waals surface area (Å²) < 4.78 is 38.9. The molecule has 0 unspecified atom stereocenters. The van der Waals surface area contributed by atoms with Crippen molar-refractivity contribution in [2.45, 2.75) is 6.61 Å². The van der Waals surface area contributed by atoms with Crippen LogP contribution in [0.1, 0.15) is 5.56 Å². The van der Waals surface area contributed by atoms with Crippen molar-refractivity contribution in [2.75, 3.05) is 14.2 Å². The van der Waals surface area contributed by atoms with E-state index >= 15 is 0 Å². The highest BCUT2D eigenvalue weighted by Crippen LogP contribution is 2.37. The summed E-state index contributed by atoms with van der Waals surface area (Å²) in [5.74, 6) is 1.24. The Morgan fingerprint density at radius 3 is 2.78 bits per heavy atom. The van der Waals surface area contributed by atoms with Crippen molar-refractivity contribution in [2.24, 2.45) is 0 Å². The second-order valence-corrected chi connectivity index (χ2v) is 9.40. The highest BCUT2D eigenvalue weighted by Gasteiger charge is 2.17. The Bertz CT molecular complexity index is 1730. The van der Waals surface area contributed by atoms with Crippen LogP contribution in [0.2, 0.25) is 5.02 Å². The number of halogens is 2. The zero-order chi connectivity index (χ0) is 25.5. The first-order chi connectivity index (χ1) is 18.0. The van der Waals surface area contributed by atoms with E-state index in [0.717, 1.165) is 10.9 Å². The predicted octanol–water partition coefficient (Wildman–Crippen LogP) is 6.65. The standard InChI is InChI=1S/C26H18ClFN4O4S/c1-33-17-8-21(35-13-14-4-3-5-15(6-14)24-19(28)7-16(27)11-29-24)18-10-23(36-22(18)9-17)20-12-32-25(30-20)37-26(31-32)34-2/h3-12H,13H2,1-2H3. The Kier molecular flexibility index (Phi) is 5.90. The molecule has 8 nitrogen and oxygen atoms in total. The fraction of sp³-hybridized carbons (Fsp3) is 0.115. The highest BCUT2D eigenvalue weighted by molar-refractivity contribution is 7.18. The van der Waals surface area contributed by atoms with Gasteiger partial charge in [0.1, 0.15) is 35.1 Å². The molecule has 0 spiro atoms. The van der Waals surface area contributed by atoms with E-state index in [2.05, 4.69) is 15.1 Å². The lowest BCUT2D eigenvalue weighted by Crippen LogP contribution is -1.97. The van der Waals surface area contributed by atoms with Crippen molar-refractivity contribution >= 4 is 38.9 Å². The van der Waals surface area contributed by atoms with E-state index in [1.54, 1.807) is 43.1 Å². The molecule has 0 fully saturated rings. The van der Waals surface area contributed by atoms with Crippen LogP contribution in [-0.4, -0.2) is 33.8 Å². The summed E-state index contributed by atoms with van der Waals surface area (Å²) in [7, 11) is 3.14. The number of hydrogen-bond donors (Lipinski definition) is 0. The number of fused-ring (bicyclic) bond motifs is 2. The number of rotatable bonds is 7. The topological polar surface area (TPSA) is 83.9 Å². The Balaban J connectivity index is 1.30. The number of imidazole rings is 1. The molecule has 0 amide bonds. The molecule has 0 atom stereocenters. The zero-order valence-electron chi connectivity index (χ0n) is 19.6. The maximum absolute atomic E-state index is 14.4. The first-order valence-corrected chi connectivity index (χ1v) is 12.3. The second kappa shape index (κ2) is 9.38. The van der Waals surface area contributed by atoms with Gasteiger partial charge in [-0.1, -0.05) is 29.8 Å². The summed E-state index contributed by atoms with van der Waals surface area (Å²) in [4.78, 5) is 9.41. The third-order valence-electron chi connectivity index (χ3n) is 5.66. The molecular weight excluding hydrogens is 519 g/mol. The van der Waals surface area contributed by atoms with Gasteiger partial charge in [0.15, 0.2) is 11.6 Å². The van der Waals surface area contributed by atoms with E-state index < -0.39 is 5.82 Å². The van der Waals surface area contributed by atoms with Gasteiger partial charge in [0.05, 0.1) is 30.8 Å². The third kappa shape index (κ3) is 4.45. The normalized spacial score (nSPS) is 11.4. The van der Waals surface area contributed by atoms with Gasteiger partial charge in [-0.2, -0.15) is 0 Å². The Hall–Kier alpha value is -4.15. The maximum Gasteiger partial charge on any atom is 0.294 e. The molecule has 0 aliphatic carbocycles. The molecule has 0 radical (unpaired) electrons. The number of hydrogen-bond acceptors (Lipinski definition) is 8. The van der Waals surface area contributed by atoms with Crippen LogP contribution in [0.25, 0.3) is 38.6 Å². The van der Waals surface area contributed by atoms with E-state index in [9.17, 15) is 4.39 Å². The Morgan fingerprint density at radius 2 is 2.00 bits per heavy atom. The van der Waals surface area contributed by atoms with Crippen molar-refractivity contribution in [3.05, 3.63) is 77.3 Å². The summed E-state index contributed by atoms with van der Waals surface area (Å²) in [6, 6.07) is 14.0. The van der Waals surface area contributed by atoms with Crippen LogP contribution in [-0.2, 0) is 6.61 Å². The third-order valence-corrected chi connectivity index (χ3v) is 6.75. The van der Waals surface area contributed by atoms with Gasteiger partial charge in [0, 0.05) is 23.9 Å². The van der Waals surface area contributed by atoms with Crippen molar-refractivity contribution in [3.63, 3.8) is 0 Å². The van der Waals surface area contributed by atoms with Crippen molar-refractivity contribution < 1.29 is 23.0 Å². The van der Waals surface area contributed by atoms with Crippen molar-refractivity contribution in [3.8, 4) is 39.4 Å². The van der Waals surface area contributed by atoms with Crippen LogP contribution < -0.4 is 14.2 Å². The van der Waals surface area contributed by atoms with Crippen LogP contribution in [0.15, 0.2) is 65.3 Å². The number of furan rings is 1. The first-order valence-electron chi connectivity index (χ1n) is 11.1. The Morgan fingerprint density at radius 1 is 1.11 bits per heavy atom. The lowest BCUT2D eigenvalue weighted by molar-refractivity contribution is 0.307. The molecule has 0 aliphatic heterocycles. The fourth-order valence-electron chi connectivity index (χ4n) is 3.93. The number of nitrogens with zero attached hydrogens (tertiary/aromatic N) is 4. The molecule has 37 heavy (non-hydrogen) atoms. The van der Waals surface area contributed by atoms with Crippen LogP contribution in [0.5, 0.6) is 16.7 Å². The number of aromatic nitrogens is 4. The second-order valence-electron chi connectivity index (χ2n) is 8.05. The molecule has 0 bridgehead atoms. The van der Waals surface area contributed by atoms with Gasteiger partial charge in [-0.25, -0.2) is 13.9 Å². The molecule has 6 aromatic rings. The summed E-state index contributed by atoms with van der Waals surface area (Å²) >= 11 is 7.17. The highest BCUT2D eigenvalue weighted by atomic mass is 35.5. The van der Waals surface area contributed by atoms with Gasteiger partial charge >= 0.3 is 0 Å². The van der Waals surface area contributed by atoms with E-state index in [0.29, 0.717) is 44.3 Å². The van der Waals surface area contributed by atoms with E-state index in [4.69, 9.17) is 30.2 Å². The average molecular weight is 537 g/mol. The number of methoxy groups -OCH3 is 2. The molecule has 2 aromatic carbocycles. The van der Waals surface area contributed by atoms with Gasteiger partial charge in [-0.15, -0.1) is 5.10 Å². The van der Waals surface area contributed by atoms with Gasteiger partial charge < -0.3 is 18.6 Å². The number of ether oxygens (including phenoxy) is 3. The van der Waals surface area contributed by atoms with Gasteiger partial charge in [-0.3, -0.25) is 4.98 Å². The molecule has 0 N–H and O–H groups in total.